The molecule has 1 fully saturated rings. The quantitative estimate of drug-likeness (QED) is 0.706. The maximum atomic E-state index is 5.66. The molecule has 1 aromatic rings. The van der Waals surface area contributed by atoms with E-state index in [4.69, 9.17) is 9.47 Å². The minimum atomic E-state index is 0.399. The van der Waals surface area contributed by atoms with Crippen LogP contribution in [0.1, 0.15) is 18.4 Å². The van der Waals surface area contributed by atoms with E-state index in [-0.39, 0.29) is 0 Å². The van der Waals surface area contributed by atoms with Gasteiger partial charge in [-0.25, -0.2) is 0 Å². The van der Waals surface area contributed by atoms with Crippen molar-refractivity contribution in [3.05, 3.63) is 30.7 Å². The summed E-state index contributed by atoms with van der Waals surface area (Å²) in [6, 6.07) is 5.72. The highest BCUT2D eigenvalue weighted by atomic mass is 16.5. The van der Waals surface area contributed by atoms with Gasteiger partial charge in [0.2, 0.25) is 0 Å². The van der Waals surface area contributed by atoms with Crippen LogP contribution >= 0.6 is 0 Å². The Labute approximate surface area is 78.5 Å². The second-order valence-corrected chi connectivity index (χ2v) is 3.30. The standard InChI is InChI=1S/C11H13O2/c1-8-3-6-10(12-2)11(7-8)13-9-4-5-9/h3,6-7,9H,1,4-5H2,2H3. The van der Waals surface area contributed by atoms with Gasteiger partial charge in [0.15, 0.2) is 11.5 Å². The highest BCUT2D eigenvalue weighted by Crippen LogP contribution is 2.33. The molecule has 0 aromatic heterocycles. The van der Waals surface area contributed by atoms with Gasteiger partial charge in [-0.2, -0.15) is 0 Å². The van der Waals surface area contributed by atoms with Crippen molar-refractivity contribution in [2.45, 2.75) is 18.9 Å². The van der Waals surface area contributed by atoms with E-state index in [0.29, 0.717) is 6.10 Å². The lowest BCUT2D eigenvalue weighted by Gasteiger charge is -2.10. The SMILES string of the molecule is [CH2]c1ccc(OC)c(OC2CC2)c1. The van der Waals surface area contributed by atoms with E-state index in [9.17, 15) is 0 Å². The summed E-state index contributed by atoms with van der Waals surface area (Å²) in [5.41, 5.74) is 0.955. The molecule has 0 N–H and O–H groups in total. The molecule has 13 heavy (non-hydrogen) atoms. The predicted octanol–water partition coefficient (Wildman–Crippen LogP) is 2.42. The lowest BCUT2D eigenvalue weighted by atomic mass is 10.2. The molecule has 1 aliphatic carbocycles. The number of methoxy groups -OCH3 is 1. The molecule has 1 saturated carbocycles. The zero-order valence-corrected chi connectivity index (χ0v) is 7.75. The van der Waals surface area contributed by atoms with Crippen LogP contribution in [0.2, 0.25) is 0 Å². The molecule has 0 amide bonds. The molecule has 1 aliphatic rings. The fraction of sp³-hybridized carbons (Fsp3) is 0.364. The number of ether oxygens (including phenoxy) is 2. The first kappa shape index (κ1) is 8.42. The fourth-order valence-corrected chi connectivity index (χ4v) is 1.18. The monoisotopic (exact) mass is 177 g/mol. The minimum Gasteiger partial charge on any atom is -0.493 e. The second-order valence-electron chi connectivity index (χ2n) is 3.30. The maximum absolute atomic E-state index is 5.66. The third kappa shape index (κ3) is 1.94. The van der Waals surface area contributed by atoms with Crippen LogP contribution in [-0.2, 0) is 0 Å². The van der Waals surface area contributed by atoms with Gasteiger partial charge in [0.05, 0.1) is 13.2 Å². The van der Waals surface area contributed by atoms with Crippen LogP contribution in [-0.4, -0.2) is 13.2 Å². The Morgan fingerprint density at radius 1 is 1.31 bits per heavy atom. The number of hydrogen-bond acceptors (Lipinski definition) is 2. The van der Waals surface area contributed by atoms with Crippen molar-refractivity contribution in [1.29, 1.82) is 0 Å². The van der Waals surface area contributed by atoms with E-state index in [1.54, 1.807) is 7.11 Å². The lowest BCUT2D eigenvalue weighted by Crippen LogP contribution is -1.98. The summed E-state index contributed by atoms with van der Waals surface area (Å²) < 4.78 is 10.8. The Balaban J connectivity index is 2.22. The summed E-state index contributed by atoms with van der Waals surface area (Å²) in [7, 11) is 1.65. The van der Waals surface area contributed by atoms with Gasteiger partial charge in [-0.3, -0.25) is 0 Å². The van der Waals surface area contributed by atoms with Gasteiger partial charge in [-0.15, -0.1) is 0 Å². The maximum Gasteiger partial charge on any atom is 0.161 e. The van der Waals surface area contributed by atoms with Gasteiger partial charge in [0.25, 0.3) is 0 Å². The van der Waals surface area contributed by atoms with Gasteiger partial charge in [0.1, 0.15) is 0 Å². The van der Waals surface area contributed by atoms with E-state index < -0.39 is 0 Å². The molecule has 2 nitrogen and oxygen atoms in total. The number of hydrogen-bond donors (Lipinski definition) is 0. The van der Waals surface area contributed by atoms with Crippen molar-refractivity contribution >= 4 is 0 Å². The van der Waals surface area contributed by atoms with E-state index in [0.717, 1.165) is 29.9 Å². The van der Waals surface area contributed by atoms with Gasteiger partial charge in [-0.05, 0) is 37.5 Å². The van der Waals surface area contributed by atoms with Crippen molar-refractivity contribution in [3.8, 4) is 11.5 Å². The molecule has 0 aliphatic heterocycles. The Kier molecular flexibility index (Phi) is 2.13. The summed E-state index contributed by atoms with van der Waals surface area (Å²) >= 11 is 0. The molecule has 0 unspecified atom stereocenters. The van der Waals surface area contributed by atoms with Gasteiger partial charge < -0.3 is 9.47 Å². The number of benzene rings is 1. The molecular weight excluding hydrogens is 164 g/mol. The normalized spacial score (nSPS) is 15.5. The van der Waals surface area contributed by atoms with Crippen LogP contribution in [0.3, 0.4) is 0 Å². The zero-order chi connectivity index (χ0) is 9.26. The Morgan fingerprint density at radius 2 is 2.08 bits per heavy atom. The topological polar surface area (TPSA) is 18.5 Å². The first-order valence-corrected chi connectivity index (χ1v) is 4.46. The minimum absolute atomic E-state index is 0.399. The molecular formula is C11H13O2. The highest BCUT2D eigenvalue weighted by molar-refractivity contribution is 5.44. The van der Waals surface area contributed by atoms with Gasteiger partial charge in [-0.1, -0.05) is 6.07 Å². The number of rotatable bonds is 3. The van der Waals surface area contributed by atoms with Crippen molar-refractivity contribution < 1.29 is 9.47 Å². The fourth-order valence-electron chi connectivity index (χ4n) is 1.18. The molecule has 2 heteroatoms. The molecule has 2 rings (SSSR count). The summed E-state index contributed by atoms with van der Waals surface area (Å²) in [5.74, 6) is 1.61. The molecule has 0 heterocycles. The summed E-state index contributed by atoms with van der Waals surface area (Å²) in [6.07, 6.45) is 2.71. The largest absolute Gasteiger partial charge is 0.493 e. The lowest BCUT2D eigenvalue weighted by molar-refractivity contribution is 0.282. The van der Waals surface area contributed by atoms with Crippen LogP contribution in [0.15, 0.2) is 18.2 Å². The first-order chi connectivity index (χ1) is 6.29. The Hall–Kier alpha value is -1.18. The molecule has 1 aromatic carbocycles. The van der Waals surface area contributed by atoms with Crippen LogP contribution in [0.25, 0.3) is 0 Å². The van der Waals surface area contributed by atoms with Crippen LogP contribution in [0, 0.1) is 6.92 Å². The Morgan fingerprint density at radius 3 is 2.69 bits per heavy atom. The summed E-state index contributed by atoms with van der Waals surface area (Å²) in [4.78, 5) is 0. The van der Waals surface area contributed by atoms with Crippen LogP contribution in [0.4, 0.5) is 0 Å². The molecule has 0 bridgehead atoms. The van der Waals surface area contributed by atoms with Crippen LogP contribution < -0.4 is 9.47 Å². The smallest absolute Gasteiger partial charge is 0.161 e. The van der Waals surface area contributed by atoms with Crippen LogP contribution in [0.5, 0.6) is 11.5 Å². The Bertz CT molecular complexity index is 303. The molecule has 0 spiro atoms. The first-order valence-electron chi connectivity index (χ1n) is 4.46. The van der Waals surface area contributed by atoms with Crippen molar-refractivity contribution in [2.24, 2.45) is 0 Å². The highest BCUT2D eigenvalue weighted by Gasteiger charge is 2.24. The predicted molar refractivity (Wildman–Crippen MR) is 51.1 cm³/mol. The molecule has 0 saturated heterocycles. The average Bonchev–Trinajstić information content (AvgIpc) is 2.89. The van der Waals surface area contributed by atoms with E-state index in [2.05, 4.69) is 6.92 Å². The van der Waals surface area contributed by atoms with Gasteiger partial charge in [0, 0.05) is 0 Å². The van der Waals surface area contributed by atoms with Crippen molar-refractivity contribution in [1.82, 2.24) is 0 Å². The van der Waals surface area contributed by atoms with Gasteiger partial charge >= 0.3 is 0 Å². The van der Waals surface area contributed by atoms with E-state index >= 15 is 0 Å². The second kappa shape index (κ2) is 3.29. The molecule has 0 atom stereocenters. The third-order valence-corrected chi connectivity index (χ3v) is 2.05. The van der Waals surface area contributed by atoms with E-state index in [1.165, 1.54) is 0 Å². The van der Waals surface area contributed by atoms with Crippen molar-refractivity contribution in [2.75, 3.05) is 7.11 Å². The molecule has 1 radical (unpaired) electrons. The van der Waals surface area contributed by atoms with Crippen molar-refractivity contribution in [3.63, 3.8) is 0 Å². The zero-order valence-electron chi connectivity index (χ0n) is 7.75. The summed E-state index contributed by atoms with van der Waals surface area (Å²) in [5, 5.41) is 0. The third-order valence-electron chi connectivity index (χ3n) is 2.05. The summed E-state index contributed by atoms with van der Waals surface area (Å²) in [6.45, 7) is 3.85. The van der Waals surface area contributed by atoms with E-state index in [1.807, 2.05) is 18.2 Å². The average molecular weight is 177 g/mol. The molecule has 69 valence electrons.